The minimum Gasteiger partial charge on any atom is -0.490 e. The highest BCUT2D eigenvalue weighted by atomic mass is 16.5. The van der Waals surface area contributed by atoms with Crippen LogP contribution in [0.2, 0.25) is 0 Å². The fraction of sp³-hybridized carbons (Fsp3) is 0.727. The first-order chi connectivity index (χ1) is 6.77. The Labute approximate surface area is 84.3 Å². The molecule has 0 aromatic rings. The molecule has 3 nitrogen and oxygen atoms in total. The van der Waals surface area contributed by atoms with Crippen LogP contribution in [0.15, 0.2) is 11.8 Å². The molecule has 0 unspecified atom stereocenters. The molecule has 78 valence electrons. The molecule has 0 radical (unpaired) electrons. The maximum absolute atomic E-state index is 11.9. The number of Topliss-reactive ketones (excluding diaryl/α,β-unsaturated/α-hetero) is 1. The fourth-order valence-corrected chi connectivity index (χ4v) is 2.17. The maximum Gasteiger partial charge on any atom is 0.200 e. The standard InChI is InChI=1S/C11H17NO2/c12-9-5-3-8(4-6-9)11(13)10-2-1-7-14-10/h2,8-9H,1,3-7,12H2. The Morgan fingerprint density at radius 2 is 2.07 bits per heavy atom. The molecule has 0 bridgehead atoms. The van der Waals surface area contributed by atoms with Gasteiger partial charge in [-0.3, -0.25) is 4.79 Å². The Morgan fingerprint density at radius 1 is 1.36 bits per heavy atom. The molecule has 0 aromatic carbocycles. The first kappa shape index (κ1) is 9.71. The van der Waals surface area contributed by atoms with Crippen molar-refractivity contribution >= 4 is 5.78 Å². The van der Waals surface area contributed by atoms with E-state index >= 15 is 0 Å². The molecule has 2 N–H and O–H groups in total. The number of hydrogen-bond donors (Lipinski definition) is 1. The fourth-order valence-electron chi connectivity index (χ4n) is 2.17. The van der Waals surface area contributed by atoms with Crippen molar-refractivity contribution in [2.45, 2.75) is 38.1 Å². The zero-order valence-corrected chi connectivity index (χ0v) is 8.37. The lowest BCUT2D eigenvalue weighted by molar-refractivity contribution is -0.123. The normalized spacial score (nSPS) is 32.2. The summed E-state index contributed by atoms with van der Waals surface area (Å²) in [4.78, 5) is 11.9. The van der Waals surface area contributed by atoms with Crippen LogP contribution in [0.1, 0.15) is 32.1 Å². The van der Waals surface area contributed by atoms with Crippen LogP contribution in [0, 0.1) is 5.92 Å². The van der Waals surface area contributed by atoms with Crippen LogP contribution in [0.25, 0.3) is 0 Å². The van der Waals surface area contributed by atoms with Gasteiger partial charge in [-0.2, -0.15) is 0 Å². The Hall–Kier alpha value is -0.830. The van der Waals surface area contributed by atoms with Crippen LogP contribution in [0.4, 0.5) is 0 Å². The quantitative estimate of drug-likeness (QED) is 0.724. The molecular formula is C11H17NO2. The molecule has 1 fully saturated rings. The SMILES string of the molecule is NC1CCC(C(=O)C2=CCCO2)CC1. The molecule has 3 heteroatoms. The van der Waals surface area contributed by atoms with Crippen molar-refractivity contribution in [2.75, 3.05) is 6.61 Å². The van der Waals surface area contributed by atoms with E-state index in [0.29, 0.717) is 18.4 Å². The van der Waals surface area contributed by atoms with E-state index in [4.69, 9.17) is 10.5 Å². The van der Waals surface area contributed by atoms with Crippen LogP contribution >= 0.6 is 0 Å². The summed E-state index contributed by atoms with van der Waals surface area (Å²) in [7, 11) is 0. The van der Waals surface area contributed by atoms with Crippen molar-refractivity contribution in [1.29, 1.82) is 0 Å². The minimum atomic E-state index is 0.166. The highest BCUT2D eigenvalue weighted by Crippen LogP contribution is 2.27. The molecule has 0 spiro atoms. The summed E-state index contributed by atoms with van der Waals surface area (Å²) in [5.41, 5.74) is 5.79. The second kappa shape index (κ2) is 4.13. The first-order valence-electron chi connectivity index (χ1n) is 5.40. The van der Waals surface area contributed by atoms with E-state index in [1.807, 2.05) is 6.08 Å². The lowest BCUT2D eigenvalue weighted by atomic mass is 9.83. The lowest BCUT2D eigenvalue weighted by Gasteiger charge is -2.24. The van der Waals surface area contributed by atoms with Crippen molar-refractivity contribution in [3.8, 4) is 0 Å². The van der Waals surface area contributed by atoms with E-state index in [2.05, 4.69) is 0 Å². The highest BCUT2D eigenvalue weighted by molar-refractivity contribution is 5.95. The molecule has 1 heterocycles. The Morgan fingerprint density at radius 3 is 2.64 bits per heavy atom. The zero-order valence-electron chi connectivity index (χ0n) is 8.37. The van der Waals surface area contributed by atoms with Crippen molar-refractivity contribution in [3.63, 3.8) is 0 Å². The van der Waals surface area contributed by atoms with Gasteiger partial charge in [0.25, 0.3) is 0 Å². The summed E-state index contributed by atoms with van der Waals surface area (Å²) in [5, 5.41) is 0. The molecule has 1 aliphatic carbocycles. The predicted molar refractivity (Wildman–Crippen MR) is 53.6 cm³/mol. The molecule has 1 aliphatic heterocycles. The van der Waals surface area contributed by atoms with Crippen LogP contribution in [0.3, 0.4) is 0 Å². The van der Waals surface area contributed by atoms with E-state index in [1.54, 1.807) is 0 Å². The molecule has 0 atom stereocenters. The molecule has 0 saturated heterocycles. The van der Waals surface area contributed by atoms with E-state index in [9.17, 15) is 4.79 Å². The monoisotopic (exact) mass is 195 g/mol. The second-order valence-corrected chi connectivity index (χ2v) is 4.18. The smallest absolute Gasteiger partial charge is 0.200 e. The third-order valence-corrected chi connectivity index (χ3v) is 3.09. The van der Waals surface area contributed by atoms with Gasteiger partial charge in [0.1, 0.15) is 0 Å². The van der Waals surface area contributed by atoms with Gasteiger partial charge in [-0.25, -0.2) is 0 Å². The van der Waals surface area contributed by atoms with Crippen LogP contribution < -0.4 is 5.73 Å². The Balaban J connectivity index is 1.91. The summed E-state index contributed by atoms with van der Waals surface area (Å²) >= 11 is 0. The Kier molecular flexibility index (Phi) is 2.87. The zero-order chi connectivity index (χ0) is 9.97. The number of hydrogen-bond acceptors (Lipinski definition) is 3. The van der Waals surface area contributed by atoms with Gasteiger partial charge >= 0.3 is 0 Å². The van der Waals surface area contributed by atoms with Crippen molar-refractivity contribution in [2.24, 2.45) is 11.7 Å². The largest absolute Gasteiger partial charge is 0.490 e. The molecule has 2 rings (SSSR count). The number of carbonyl (C=O) groups is 1. The van der Waals surface area contributed by atoms with Crippen LogP contribution in [-0.2, 0) is 9.53 Å². The molecule has 1 saturated carbocycles. The van der Waals surface area contributed by atoms with E-state index in [1.165, 1.54) is 0 Å². The number of allylic oxidation sites excluding steroid dienone is 1. The van der Waals surface area contributed by atoms with E-state index in [0.717, 1.165) is 32.1 Å². The second-order valence-electron chi connectivity index (χ2n) is 4.18. The van der Waals surface area contributed by atoms with Gasteiger partial charge in [-0.15, -0.1) is 0 Å². The number of ether oxygens (including phenoxy) is 1. The van der Waals surface area contributed by atoms with E-state index < -0.39 is 0 Å². The number of nitrogens with two attached hydrogens (primary N) is 1. The van der Waals surface area contributed by atoms with Gasteiger partial charge in [-0.1, -0.05) is 0 Å². The van der Waals surface area contributed by atoms with Gasteiger partial charge in [0.05, 0.1) is 6.61 Å². The predicted octanol–water partition coefficient (Wildman–Crippen LogP) is 1.38. The average molecular weight is 195 g/mol. The molecule has 2 aliphatic rings. The number of ketones is 1. The highest BCUT2D eigenvalue weighted by Gasteiger charge is 2.28. The summed E-state index contributed by atoms with van der Waals surface area (Å²) in [6.45, 7) is 0.674. The average Bonchev–Trinajstić information content (AvgIpc) is 2.71. The number of carbonyl (C=O) groups excluding carboxylic acids is 1. The first-order valence-corrected chi connectivity index (χ1v) is 5.40. The van der Waals surface area contributed by atoms with E-state index in [-0.39, 0.29) is 11.7 Å². The third kappa shape index (κ3) is 1.98. The topological polar surface area (TPSA) is 52.3 Å². The van der Waals surface area contributed by atoms with Gasteiger partial charge in [0.15, 0.2) is 11.5 Å². The van der Waals surface area contributed by atoms with Gasteiger partial charge in [0, 0.05) is 18.4 Å². The van der Waals surface area contributed by atoms with Crippen molar-refractivity contribution in [1.82, 2.24) is 0 Å². The molecule has 14 heavy (non-hydrogen) atoms. The summed E-state index contributed by atoms with van der Waals surface area (Å²) in [6, 6.07) is 0.303. The van der Waals surface area contributed by atoms with Crippen LogP contribution in [-0.4, -0.2) is 18.4 Å². The maximum atomic E-state index is 11.9. The van der Waals surface area contributed by atoms with Crippen molar-refractivity contribution in [3.05, 3.63) is 11.8 Å². The van der Waals surface area contributed by atoms with Gasteiger partial charge < -0.3 is 10.5 Å². The summed E-state index contributed by atoms with van der Waals surface area (Å²) in [5.74, 6) is 0.971. The van der Waals surface area contributed by atoms with Gasteiger partial charge in [0.2, 0.25) is 0 Å². The summed E-state index contributed by atoms with van der Waals surface area (Å²) < 4.78 is 5.28. The Bertz CT molecular complexity index is 252. The van der Waals surface area contributed by atoms with Gasteiger partial charge in [-0.05, 0) is 31.8 Å². The van der Waals surface area contributed by atoms with Crippen LogP contribution in [0.5, 0.6) is 0 Å². The lowest BCUT2D eigenvalue weighted by Crippen LogP contribution is -2.30. The molecular weight excluding hydrogens is 178 g/mol. The molecule has 0 aromatic heterocycles. The molecule has 0 amide bonds. The minimum absolute atomic E-state index is 0.166. The number of rotatable bonds is 2. The third-order valence-electron chi connectivity index (χ3n) is 3.09. The van der Waals surface area contributed by atoms with Crippen molar-refractivity contribution < 1.29 is 9.53 Å². The summed E-state index contributed by atoms with van der Waals surface area (Å²) in [6.07, 6.45) is 6.61.